The summed E-state index contributed by atoms with van der Waals surface area (Å²) in [7, 11) is 0. The van der Waals surface area contributed by atoms with Crippen molar-refractivity contribution in [2.24, 2.45) is 5.92 Å². The number of piperidine rings is 1. The van der Waals surface area contributed by atoms with Crippen molar-refractivity contribution in [3.8, 4) is 0 Å². The lowest BCUT2D eigenvalue weighted by atomic mass is 9.86. The average Bonchev–Trinajstić information content (AvgIpc) is 2.80. The van der Waals surface area contributed by atoms with Gasteiger partial charge in [-0.15, -0.1) is 10.2 Å². The summed E-state index contributed by atoms with van der Waals surface area (Å²) in [6, 6.07) is 10.7. The van der Waals surface area contributed by atoms with E-state index in [0.29, 0.717) is 23.1 Å². The summed E-state index contributed by atoms with van der Waals surface area (Å²) in [4.78, 5) is 21.5. The fourth-order valence-electron chi connectivity index (χ4n) is 3.64. The van der Waals surface area contributed by atoms with Crippen molar-refractivity contribution < 1.29 is 4.79 Å². The molecule has 3 aromatic heterocycles. The van der Waals surface area contributed by atoms with E-state index >= 15 is 0 Å². The minimum Gasteiger partial charge on any atom is -0.362 e. The topological polar surface area (TPSA) is 105 Å². The van der Waals surface area contributed by atoms with Crippen LogP contribution in [0.2, 0.25) is 5.15 Å². The van der Waals surface area contributed by atoms with Crippen LogP contribution in [0.5, 0.6) is 0 Å². The van der Waals surface area contributed by atoms with E-state index in [1.807, 2.05) is 12.1 Å². The molecule has 3 aromatic rings. The van der Waals surface area contributed by atoms with Crippen LogP contribution in [0, 0.1) is 5.92 Å². The van der Waals surface area contributed by atoms with Crippen LogP contribution in [0.25, 0.3) is 0 Å². The smallest absolute Gasteiger partial charge is 0.260 e. The van der Waals surface area contributed by atoms with E-state index in [2.05, 4.69) is 36.1 Å². The summed E-state index contributed by atoms with van der Waals surface area (Å²) in [5.74, 6) is 0.940. The van der Waals surface area contributed by atoms with E-state index in [0.717, 1.165) is 31.5 Å². The molecule has 1 aliphatic rings. The number of nitrogens with one attached hydrogen (secondary N) is 3. The molecule has 154 valence electrons. The number of rotatable bonds is 6. The Morgan fingerprint density at radius 1 is 1.07 bits per heavy atom. The number of nitrogens with zero attached hydrogens (tertiary/aromatic N) is 4. The van der Waals surface area contributed by atoms with Crippen molar-refractivity contribution in [3.63, 3.8) is 0 Å². The Balaban J connectivity index is 1.59. The molecule has 8 nitrogen and oxygen atoms in total. The third-order valence-corrected chi connectivity index (χ3v) is 5.34. The highest BCUT2D eigenvalue weighted by molar-refractivity contribution is 6.29. The van der Waals surface area contributed by atoms with E-state index in [1.54, 1.807) is 42.9 Å². The van der Waals surface area contributed by atoms with Crippen molar-refractivity contribution in [3.05, 3.63) is 71.3 Å². The zero-order chi connectivity index (χ0) is 20.8. The molecule has 9 heteroatoms. The number of anilines is 2. The van der Waals surface area contributed by atoms with Gasteiger partial charge in [0.15, 0.2) is 11.0 Å². The average molecular weight is 424 g/mol. The number of pyridine rings is 2. The van der Waals surface area contributed by atoms with Crippen molar-refractivity contribution in [1.29, 1.82) is 0 Å². The lowest BCUT2D eigenvalue weighted by Crippen LogP contribution is -2.34. The minimum absolute atomic E-state index is 0.0203. The molecule has 0 spiro atoms. The molecule has 0 bridgehead atoms. The van der Waals surface area contributed by atoms with E-state index in [-0.39, 0.29) is 17.1 Å². The molecule has 1 fully saturated rings. The highest BCUT2D eigenvalue weighted by Crippen LogP contribution is 2.32. The van der Waals surface area contributed by atoms with Crippen molar-refractivity contribution in [2.45, 2.75) is 18.9 Å². The van der Waals surface area contributed by atoms with Gasteiger partial charge in [0, 0.05) is 18.6 Å². The van der Waals surface area contributed by atoms with Crippen LogP contribution in [0.4, 0.5) is 11.6 Å². The third-order valence-electron chi connectivity index (χ3n) is 5.14. The Kier molecular flexibility index (Phi) is 6.46. The normalized spacial score (nSPS) is 15.4. The maximum absolute atomic E-state index is 12.9. The molecule has 1 aliphatic heterocycles. The molecule has 4 heterocycles. The molecule has 0 aliphatic carbocycles. The first-order valence-corrected chi connectivity index (χ1v) is 10.2. The van der Waals surface area contributed by atoms with E-state index in [9.17, 15) is 4.79 Å². The van der Waals surface area contributed by atoms with Crippen LogP contribution < -0.4 is 16.0 Å². The fourth-order valence-corrected chi connectivity index (χ4v) is 3.74. The van der Waals surface area contributed by atoms with E-state index in [1.165, 1.54) is 0 Å². The molecular formula is C21H22ClN7O. The number of aromatic nitrogens is 4. The monoisotopic (exact) mass is 423 g/mol. The van der Waals surface area contributed by atoms with Gasteiger partial charge in [-0.25, -0.2) is 4.98 Å². The number of carbonyl (C=O) groups is 1. The summed E-state index contributed by atoms with van der Waals surface area (Å²) in [5, 5.41) is 17.6. The van der Waals surface area contributed by atoms with Crippen molar-refractivity contribution >= 4 is 29.1 Å². The highest BCUT2D eigenvalue weighted by atomic mass is 35.5. The molecule has 1 amide bonds. The minimum atomic E-state index is -0.319. The maximum Gasteiger partial charge on any atom is 0.260 e. The van der Waals surface area contributed by atoms with Gasteiger partial charge in [0.1, 0.15) is 5.82 Å². The van der Waals surface area contributed by atoms with Crippen molar-refractivity contribution in [1.82, 2.24) is 25.5 Å². The molecule has 1 unspecified atom stereocenters. The van der Waals surface area contributed by atoms with Gasteiger partial charge in [-0.3, -0.25) is 9.78 Å². The van der Waals surface area contributed by atoms with Crippen LogP contribution in [0.3, 0.4) is 0 Å². The Labute approximate surface area is 179 Å². The Morgan fingerprint density at radius 2 is 1.87 bits per heavy atom. The quantitative estimate of drug-likeness (QED) is 0.558. The number of carbonyl (C=O) groups excluding carboxylic acids is 1. The zero-order valence-electron chi connectivity index (χ0n) is 16.3. The summed E-state index contributed by atoms with van der Waals surface area (Å²) < 4.78 is 0. The zero-order valence-corrected chi connectivity index (χ0v) is 17.0. The molecular weight excluding hydrogens is 402 g/mol. The molecule has 4 rings (SSSR count). The van der Waals surface area contributed by atoms with E-state index in [4.69, 9.17) is 11.6 Å². The van der Waals surface area contributed by atoms with Gasteiger partial charge in [-0.05, 0) is 73.8 Å². The Morgan fingerprint density at radius 3 is 2.60 bits per heavy atom. The summed E-state index contributed by atoms with van der Waals surface area (Å²) in [6.07, 6.45) is 7.32. The molecule has 3 N–H and O–H groups in total. The van der Waals surface area contributed by atoms with Gasteiger partial charge in [-0.1, -0.05) is 11.6 Å². The number of hydrogen-bond donors (Lipinski definition) is 3. The van der Waals surface area contributed by atoms with Gasteiger partial charge >= 0.3 is 0 Å². The molecule has 0 radical (unpaired) electrons. The second-order valence-electron chi connectivity index (χ2n) is 7.08. The summed E-state index contributed by atoms with van der Waals surface area (Å²) >= 11 is 5.76. The van der Waals surface area contributed by atoms with Crippen LogP contribution >= 0.6 is 11.6 Å². The summed E-state index contributed by atoms with van der Waals surface area (Å²) in [5.41, 5.74) is 1.56. The van der Waals surface area contributed by atoms with Crippen molar-refractivity contribution in [2.75, 3.05) is 23.7 Å². The first-order chi connectivity index (χ1) is 14.7. The Bertz CT molecular complexity index is 978. The van der Waals surface area contributed by atoms with Crippen LogP contribution in [-0.4, -0.2) is 39.2 Å². The summed E-state index contributed by atoms with van der Waals surface area (Å²) in [6.45, 7) is 1.94. The Hall–Kier alpha value is -3.10. The first-order valence-electron chi connectivity index (χ1n) is 9.83. The van der Waals surface area contributed by atoms with Gasteiger partial charge in [0.2, 0.25) is 0 Å². The predicted molar refractivity (Wildman–Crippen MR) is 115 cm³/mol. The number of halogens is 1. The second kappa shape index (κ2) is 9.60. The maximum atomic E-state index is 12.9. The highest BCUT2D eigenvalue weighted by Gasteiger charge is 2.27. The van der Waals surface area contributed by atoms with Gasteiger partial charge < -0.3 is 16.0 Å². The fraction of sp³-hybridized carbons (Fsp3) is 0.286. The van der Waals surface area contributed by atoms with Crippen LogP contribution in [0.15, 0.2) is 55.0 Å². The third kappa shape index (κ3) is 4.90. The van der Waals surface area contributed by atoms with E-state index < -0.39 is 0 Å². The number of amides is 1. The molecule has 1 saturated heterocycles. The predicted octanol–water partition coefficient (Wildman–Crippen LogP) is 3.33. The molecule has 30 heavy (non-hydrogen) atoms. The second-order valence-corrected chi connectivity index (χ2v) is 7.47. The molecule has 0 saturated carbocycles. The largest absolute Gasteiger partial charge is 0.362 e. The van der Waals surface area contributed by atoms with Crippen LogP contribution in [-0.2, 0) is 0 Å². The van der Waals surface area contributed by atoms with Gasteiger partial charge in [-0.2, -0.15) is 0 Å². The first kappa shape index (κ1) is 20.2. The van der Waals surface area contributed by atoms with Gasteiger partial charge in [0.05, 0.1) is 11.6 Å². The molecule has 0 aromatic carbocycles. The molecule has 1 atom stereocenters. The van der Waals surface area contributed by atoms with Crippen LogP contribution in [0.1, 0.15) is 34.8 Å². The SMILES string of the molecule is O=C(Nc1ccc(Cl)nn1)c1cccnc1NC(c1ccncc1)C1CCNCC1. The standard InChI is InChI=1S/C21H22ClN7O/c22-17-3-4-18(29-28-17)26-21(30)16-2-1-9-25-20(16)27-19(14-5-10-23-11-6-14)15-7-12-24-13-8-15/h1-6,9-11,15,19,24H,7-8,12-13H2,(H,25,27)(H,26,29,30). The number of hydrogen-bond acceptors (Lipinski definition) is 7. The lowest BCUT2D eigenvalue weighted by molar-refractivity contribution is 0.102. The lowest BCUT2D eigenvalue weighted by Gasteiger charge is -2.32. The van der Waals surface area contributed by atoms with Gasteiger partial charge in [0.25, 0.3) is 5.91 Å².